The van der Waals surface area contributed by atoms with Crippen LogP contribution < -0.4 is 5.73 Å². The summed E-state index contributed by atoms with van der Waals surface area (Å²) in [4.78, 5) is 11.8. The second kappa shape index (κ2) is 6.11. The molecule has 0 aliphatic heterocycles. The molecule has 1 aromatic heterocycles. The number of Topliss-reactive ketones (excluding diaryl/α,β-unsaturated/α-hetero) is 1. The number of nitrogens with zero attached hydrogens (tertiary/aromatic N) is 2. The monoisotopic (exact) mass is 251 g/mol. The van der Waals surface area contributed by atoms with Crippen molar-refractivity contribution in [2.45, 2.75) is 44.2 Å². The molecule has 1 heterocycles. The molecule has 0 bridgehead atoms. The van der Waals surface area contributed by atoms with Crippen molar-refractivity contribution in [2.75, 3.05) is 13.7 Å². The molecule has 0 spiro atoms. The predicted molar refractivity (Wildman–Crippen MR) is 68.3 cm³/mol. The first-order chi connectivity index (χ1) is 8.70. The Balaban J connectivity index is 1.91. The van der Waals surface area contributed by atoms with E-state index >= 15 is 0 Å². The molecule has 1 saturated carbocycles. The van der Waals surface area contributed by atoms with Crippen LogP contribution in [0.5, 0.6) is 0 Å². The minimum absolute atomic E-state index is 0.0199. The van der Waals surface area contributed by atoms with E-state index in [1.165, 1.54) is 25.7 Å². The Morgan fingerprint density at radius 3 is 3.00 bits per heavy atom. The molecule has 0 amide bonds. The highest BCUT2D eigenvalue weighted by molar-refractivity contribution is 5.85. The molecule has 2 rings (SSSR count). The lowest BCUT2D eigenvalue weighted by Crippen LogP contribution is -2.36. The number of hydrogen-bond donors (Lipinski definition) is 1. The third-order valence-corrected chi connectivity index (χ3v) is 3.48. The number of aromatic nitrogens is 2. The van der Waals surface area contributed by atoms with E-state index in [2.05, 4.69) is 5.10 Å². The van der Waals surface area contributed by atoms with Crippen LogP contribution in [0.3, 0.4) is 0 Å². The van der Waals surface area contributed by atoms with Gasteiger partial charge in [0, 0.05) is 13.3 Å². The highest BCUT2D eigenvalue weighted by atomic mass is 16.5. The molecule has 1 aliphatic rings. The number of ketones is 1. The van der Waals surface area contributed by atoms with E-state index < -0.39 is 6.04 Å². The van der Waals surface area contributed by atoms with Crippen molar-refractivity contribution in [3.05, 3.63) is 18.0 Å². The van der Waals surface area contributed by atoms with E-state index in [0.29, 0.717) is 12.5 Å². The Bertz CT molecular complexity index is 397. The molecular weight excluding hydrogens is 230 g/mol. The first kappa shape index (κ1) is 13.2. The lowest BCUT2D eigenvalue weighted by atomic mass is 10.1. The first-order valence-corrected chi connectivity index (χ1v) is 6.52. The zero-order chi connectivity index (χ0) is 13.0. The molecule has 5 nitrogen and oxygen atoms in total. The van der Waals surface area contributed by atoms with E-state index in [0.717, 1.165) is 5.69 Å². The number of carbonyl (C=O) groups is 1. The highest BCUT2D eigenvalue weighted by Gasteiger charge is 2.19. The minimum atomic E-state index is -0.549. The Morgan fingerprint density at radius 2 is 2.33 bits per heavy atom. The van der Waals surface area contributed by atoms with Crippen molar-refractivity contribution in [3.63, 3.8) is 0 Å². The van der Waals surface area contributed by atoms with Crippen molar-refractivity contribution in [1.29, 1.82) is 0 Å². The SMILES string of the molecule is COCC(N)C(=O)Cc1ccn(C2CCCC2)n1. The largest absolute Gasteiger partial charge is 0.383 e. The highest BCUT2D eigenvalue weighted by Crippen LogP contribution is 2.28. The zero-order valence-electron chi connectivity index (χ0n) is 10.8. The van der Waals surface area contributed by atoms with Crippen LogP contribution in [0.1, 0.15) is 37.4 Å². The van der Waals surface area contributed by atoms with Crippen LogP contribution in [0.4, 0.5) is 0 Å². The van der Waals surface area contributed by atoms with Gasteiger partial charge in [-0.3, -0.25) is 9.48 Å². The Hall–Kier alpha value is -1.20. The van der Waals surface area contributed by atoms with Gasteiger partial charge in [-0.05, 0) is 18.9 Å². The van der Waals surface area contributed by atoms with E-state index in [1.54, 1.807) is 7.11 Å². The molecule has 5 heteroatoms. The molecule has 2 N–H and O–H groups in total. The van der Waals surface area contributed by atoms with Crippen LogP contribution in [-0.2, 0) is 16.0 Å². The van der Waals surface area contributed by atoms with Gasteiger partial charge >= 0.3 is 0 Å². The lowest BCUT2D eigenvalue weighted by molar-refractivity contribution is -0.120. The first-order valence-electron chi connectivity index (χ1n) is 6.52. The maximum absolute atomic E-state index is 11.8. The average Bonchev–Trinajstić information content (AvgIpc) is 2.98. The van der Waals surface area contributed by atoms with Crippen molar-refractivity contribution in [1.82, 2.24) is 9.78 Å². The summed E-state index contributed by atoms with van der Waals surface area (Å²) >= 11 is 0. The number of nitrogens with two attached hydrogens (primary N) is 1. The smallest absolute Gasteiger partial charge is 0.157 e. The van der Waals surface area contributed by atoms with E-state index in [1.807, 2.05) is 16.9 Å². The number of methoxy groups -OCH3 is 1. The summed E-state index contributed by atoms with van der Waals surface area (Å²) in [6.45, 7) is 0.266. The van der Waals surface area contributed by atoms with Crippen molar-refractivity contribution < 1.29 is 9.53 Å². The average molecular weight is 251 g/mol. The van der Waals surface area contributed by atoms with Crippen LogP contribution in [0.2, 0.25) is 0 Å². The van der Waals surface area contributed by atoms with Crippen LogP contribution in [-0.4, -0.2) is 35.3 Å². The molecule has 0 radical (unpaired) electrons. The van der Waals surface area contributed by atoms with Crippen molar-refractivity contribution >= 4 is 5.78 Å². The number of rotatable bonds is 6. The molecule has 1 unspecified atom stereocenters. The Morgan fingerprint density at radius 1 is 1.61 bits per heavy atom. The third kappa shape index (κ3) is 3.17. The van der Waals surface area contributed by atoms with Gasteiger partial charge in [-0.2, -0.15) is 5.10 Å². The Kier molecular flexibility index (Phi) is 4.49. The zero-order valence-corrected chi connectivity index (χ0v) is 10.8. The summed E-state index contributed by atoms with van der Waals surface area (Å²) in [5.74, 6) is -0.0199. The summed E-state index contributed by atoms with van der Waals surface area (Å²) in [6.07, 6.45) is 7.20. The molecule has 1 aromatic rings. The molecule has 0 saturated heterocycles. The summed E-state index contributed by atoms with van der Waals surface area (Å²) in [7, 11) is 1.54. The fraction of sp³-hybridized carbons (Fsp3) is 0.692. The van der Waals surface area contributed by atoms with E-state index in [-0.39, 0.29) is 12.4 Å². The minimum Gasteiger partial charge on any atom is -0.383 e. The molecule has 1 fully saturated rings. The van der Waals surface area contributed by atoms with Crippen molar-refractivity contribution in [3.8, 4) is 0 Å². The van der Waals surface area contributed by atoms with Gasteiger partial charge < -0.3 is 10.5 Å². The van der Waals surface area contributed by atoms with Gasteiger partial charge in [0.05, 0.1) is 30.8 Å². The van der Waals surface area contributed by atoms with Crippen LogP contribution in [0.25, 0.3) is 0 Å². The number of carbonyl (C=O) groups excluding carboxylic acids is 1. The van der Waals surface area contributed by atoms with Gasteiger partial charge in [0.15, 0.2) is 5.78 Å². The summed E-state index contributed by atoms with van der Waals surface area (Å²) in [5.41, 5.74) is 6.50. The van der Waals surface area contributed by atoms with E-state index in [9.17, 15) is 4.79 Å². The maximum atomic E-state index is 11.8. The quantitative estimate of drug-likeness (QED) is 0.821. The van der Waals surface area contributed by atoms with E-state index in [4.69, 9.17) is 10.5 Å². The maximum Gasteiger partial charge on any atom is 0.157 e. The second-order valence-electron chi connectivity index (χ2n) is 4.93. The standard InChI is InChI=1S/C13H21N3O2/c1-18-9-12(14)13(17)8-10-6-7-16(15-10)11-4-2-3-5-11/h6-7,11-12H,2-5,8-9,14H2,1H3. The van der Waals surface area contributed by atoms with Crippen molar-refractivity contribution in [2.24, 2.45) is 5.73 Å². The van der Waals surface area contributed by atoms with Gasteiger partial charge in [-0.1, -0.05) is 12.8 Å². The topological polar surface area (TPSA) is 70.1 Å². The Labute approximate surface area is 107 Å². The van der Waals surface area contributed by atoms with Crippen LogP contribution in [0, 0.1) is 0 Å². The van der Waals surface area contributed by atoms with Gasteiger partial charge in [-0.25, -0.2) is 0 Å². The summed E-state index contributed by atoms with van der Waals surface area (Å²) in [6, 6.07) is 1.88. The van der Waals surface area contributed by atoms with Crippen LogP contribution in [0.15, 0.2) is 12.3 Å². The fourth-order valence-electron chi connectivity index (χ4n) is 2.43. The number of ether oxygens (including phenoxy) is 1. The van der Waals surface area contributed by atoms with Gasteiger partial charge in [-0.15, -0.1) is 0 Å². The molecule has 100 valence electrons. The normalized spacial score (nSPS) is 18.1. The van der Waals surface area contributed by atoms with Crippen LogP contribution >= 0.6 is 0 Å². The number of hydrogen-bond acceptors (Lipinski definition) is 4. The summed E-state index contributed by atoms with van der Waals surface area (Å²) in [5, 5.41) is 4.47. The summed E-state index contributed by atoms with van der Waals surface area (Å²) < 4.78 is 6.87. The fourth-order valence-corrected chi connectivity index (χ4v) is 2.43. The van der Waals surface area contributed by atoms with Gasteiger partial charge in [0.2, 0.25) is 0 Å². The predicted octanol–water partition coefficient (Wildman–Crippen LogP) is 1.08. The third-order valence-electron chi connectivity index (χ3n) is 3.48. The molecule has 18 heavy (non-hydrogen) atoms. The molecule has 1 aliphatic carbocycles. The van der Waals surface area contributed by atoms with Gasteiger partial charge in [0.25, 0.3) is 0 Å². The second-order valence-corrected chi connectivity index (χ2v) is 4.93. The molecular formula is C13H21N3O2. The molecule has 0 aromatic carbocycles. The molecule has 1 atom stereocenters. The lowest BCUT2D eigenvalue weighted by Gasteiger charge is -2.09. The van der Waals surface area contributed by atoms with Gasteiger partial charge in [0.1, 0.15) is 0 Å².